The van der Waals surface area contributed by atoms with Gasteiger partial charge in [-0.2, -0.15) is 0 Å². The molecule has 0 fully saturated rings. The van der Waals surface area contributed by atoms with E-state index < -0.39 is 5.91 Å². The number of fused-ring (bicyclic) bond motifs is 2. The monoisotopic (exact) mass is 527 g/mol. The lowest BCUT2D eigenvalue weighted by atomic mass is 10.00. The Bertz CT molecular complexity index is 1780. The largest absolute Gasteiger partial charge is 0.354 e. The van der Waals surface area contributed by atoms with Crippen LogP contribution in [0.5, 0.6) is 0 Å². The number of anilines is 2. The van der Waals surface area contributed by atoms with E-state index >= 15 is 0 Å². The van der Waals surface area contributed by atoms with Gasteiger partial charge in [-0.3, -0.25) is 19.4 Å². The zero-order valence-corrected chi connectivity index (χ0v) is 21.4. The van der Waals surface area contributed by atoms with E-state index in [0.29, 0.717) is 12.1 Å². The zero-order chi connectivity index (χ0) is 27.5. The maximum Gasteiger partial charge on any atom is 0.263 e. The van der Waals surface area contributed by atoms with Gasteiger partial charge >= 0.3 is 0 Å². The number of pyridine rings is 2. The smallest absolute Gasteiger partial charge is 0.263 e. The van der Waals surface area contributed by atoms with Gasteiger partial charge in [0.15, 0.2) is 0 Å². The van der Waals surface area contributed by atoms with Crippen molar-refractivity contribution in [1.29, 1.82) is 0 Å². The number of aromatic nitrogens is 2. The van der Waals surface area contributed by atoms with Gasteiger partial charge in [-0.25, -0.2) is 0 Å². The molecule has 4 aromatic rings. The Kier molecular flexibility index (Phi) is 6.64. The molecule has 0 saturated heterocycles. The Balaban J connectivity index is 1.12. The number of carbonyl (C=O) groups excluding carboxylic acids is 2. The quantitative estimate of drug-likeness (QED) is 0.320. The van der Waals surface area contributed by atoms with E-state index in [-0.39, 0.29) is 23.6 Å². The van der Waals surface area contributed by atoms with E-state index in [2.05, 4.69) is 20.9 Å². The van der Waals surface area contributed by atoms with Crippen molar-refractivity contribution >= 4 is 40.9 Å². The first-order valence-electron chi connectivity index (χ1n) is 12.8. The summed E-state index contributed by atoms with van der Waals surface area (Å²) in [7, 11) is 0. The van der Waals surface area contributed by atoms with Crippen molar-refractivity contribution in [3.8, 4) is 0 Å². The van der Waals surface area contributed by atoms with E-state index in [4.69, 9.17) is 0 Å². The van der Waals surface area contributed by atoms with Crippen molar-refractivity contribution in [1.82, 2.24) is 14.9 Å². The summed E-state index contributed by atoms with van der Waals surface area (Å²) < 4.78 is 1.49. The highest BCUT2D eigenvalue weighted by Gasteiger charge is 2.28. The molecule has 8 nitrogen and oxygen atoms in total. The number of nitrogens with one attached hydrogen (secondary N) is 3. The molecule has 0 spiro atoms. The van der Waals surface area contributed by atoms with Gasteiger partial charge in [0.05, 0.1) is 17.8 Å². The molecule has 0 aliphatic carbocycles. The Hall–Kier alpha value is -5.50. The minimum absolute atomic E-state index is 0.0774. The second-order valence-electron chi connectivity index (χ2n) is 9.42. The molecule has 2 aromatic heterocycles. The van der Waals surface area contributed by atoms with Crippen LogP contribution in [0.25, 0.3) is 17.7 Å². The van der Waals surface area contributed by atoms with Crippen LogP contribution in [-0.4, -0.2) is 27.9 Å². The first-order valence-corrected chi connectivity index (χ1v) is 12.8. The van der Waals surface area contributed by atoms with Crippen LogP contribution in [0.3, 0.4) is 0 Å². The maximum atomic E-state index is 12.8. The van der Waals surface area contributed by atoms with Crippen molar-refractivity contribution in [3.63, 3.8) is 0 Å². The van der Waals surface area contributed by atoms with Gasteiger partial charge in [0, 0.05) is 42.1 Å². The number of amides is 2. The fourth-order valence-electron chi connectivity index (χ4n) is 4.79. The molecule has 0 unspecified atom stereocenters. The number of benzene rings is 2. The van der Waals surface area contributed by atoms with Crippen LogP contribution in [-0.2, 0) is 11.3 Å². The summed E-state index contributed by atoms with van der Waals surface area (Å²) in [6.07, 6.45) is 12.6. The average molecular weight is 528 g/mol. The lowest BCUT2D eigenvalue weighted by Gasteiger charge is -2.17. The van der Waals surface area contributed by atoms with Crippen LogP contribution < -0.4 is 21.5 Å². The summed E-state index contributed by atoms with van der Waals surface area (Å²) in [4.78, 5) is 42.4. The van der Waals surface area contributed by atoms with Crippen molar-refractivity contribution in [2.24, 2.45) is 0 Å². The normalized spacial score (nSPS) is 15.3. The standard InChI is InChI=1S/C32H25N5O3/c38-30(25-9-5-17-37(32(25)40)20-22-7-3-15-33-19-22)34-16-4-6-21-11-13-24-28(18-21)36-31(39)29(24)27-14-12-23-8-1-2-10-26(23)35-27/h1-15,17-19,35H,16,20H2,(H,34,38)(H,36,39). The van der Waals surface area contributed by atoms with Crippen molar-refractivity contribution < 1.29 is 9.59 Å². The van der Waals surface area contributed by atoms with E-state index in [0.717, 1.165) is 39.3 Å². The molecule has 2 amide bonds. The number of nitrogens with zero attached hydrogens (tertiary/aromatic N) is 2. The van der Waals surface area contributed by atoms with Crippen LogP contribution in [0, 0.1) is 0 Å². The second kappa shape index (κ2) is 10.7. The Labute approximate surface area is 230 Å². The van der Waals surface area contributed by atoms with Crippen LogP contribution in [0.1, 0.15) is 32.6 Å². The van der Waals surface area contributed by atoms with E-state index in [1.165, 1.54) is 10.6 Å². The third-order valence-electron chi connectivity index (χ3n) is 6.75. The zero-order valence-electron chi connectivity index (χ0n) is 21.4. The summed E-state index contributed by atoms with van der Waals surface area (Å²) in [5, 5.41) is 9.09. The SMILES string of the molecule is O=C1Nc2cc(C=CCNC(=O)c3cccn(Cc4cccnc4)c3=O)ccc2C1=C1C=Cc2ccccc2N1. The molecular weight excluding hydrogens is 502 g/mol. The van der Waals surface area contributed by atoms with Gasteiger partial charge in [-0.15, -0.1) is 0 Å². The lowest BCUT2D eigenvalue weighted by molar-refractivity contribution is -0.110. The highest BCUT2D eigenvalue weighted by Crippen LogP contribution is 2.37. The molecule has 0 radical (unpaired) electrons. The van der Waals surface area contributed by atoms with Crippen molar-refractivity contribution in [2.45, 2.75) is 6.54 Å². The molecule has 8 heteroatoms. The minimum atomic E-state index is -0.442. The van der Waals surface area contributed by atoms with Gasteiger partial charge in [-0.1, -0.05) is 54.6 Å². The minimum Gasteiger partial charge on any atom is -0.354 e. The number of rotatable bonds is 6. The summed E-state index contributed by atoms with van der Waals surface area (Å²) in [6, 6.07) is 20.5. The van der Waals surface area contributed by atoms with Crippen LogP contribution >= 0.6 is 0 Å². The highest BCUT2D eigenvalue weighted by molar-refractivity contribution is 6.33. The number of hydrogen-bond acceptors (Lipinski definition) is 5. The molecule has 2 aliphatic rings. The molecule has 40 heavy (non-hydrogen) atoms. The molecule has 4 heterocycles. The fourth-order valence-corrected chi connectivity index (χ4v) is 4.79. The van der Waals surface area contributed by atoms with Crippen LogP contribution in [0.4, 0.5) is 11.4 Å². The van der Waals surface area contributed by atoms with Crippen LogP contribution in [0.2, 0.25) is 0 Å². The number of para-hydroxylation sites is 1. The highest BCUT2D eigenvalue weighted by atomic mass is 16.2. The predicted octanol–water partition coefficient (Wildman–Crippen LogP) is 4.54. The number of carbonyl (C=O) groups is 2. The molecular formula is C32H25N5O3. The Morgan fingerprint density at radius 3 is 2.73 bits per heavy atom. The summed E-state index contributed by atoms with van der Waals surface area (Å²) in [6.45, 7) is 0.573. The van der Waals surface area contributed by atoms with E-state index in [1.54, 1.807) is 36.8 Å². The summed E-state index contributed by atoms with van der Waals surface area (Å²) in [5.41, 5.74) is 6.39. The topological polar surface area (TPSA) is 105 Å². The van der Waals surface area contributed by atoms with E-state index in [9.17, 15) is 14.4 Å². The molecule has 0 bridgehead atoms. The van der Waals surface area contributed by atoms with Gasteiger partial charge in [0.25, 0.3) is 17.4 Å². The van der Waals surface area contributed by atoms with Gasteiger partial charge in [0.1, 0.15) is 5.56 Å². The maximum absolute atomic E-state index is 12.8. The van der Waals surface area contributed by atoms with Crippen molar-refractivity contribution in [2.75, 3.05) is 17.2 Å². The third kappa shape index (κ3) is 4.98. The van der Waals surface area contributed by atoms with E-state index in [1.807, 2.05) is 66.8 Å². The first kappa shape index (κ1) is 24.8. The second-order valence-corrected chi connectivity index (χ2v) is 9.42. The third-order valence-corrected chi connectivity index (χ3v) is 6.75. The molecule has 3 N–H and O–H groups in total. The van der Waals surface area contributed by atoms with Crippen molar-refractivity contribution in [3.05, 3.63) is 141 Å². The fraction of sp³-hybridized carbons (Fsp3) is 0.0625. The Morgan fingerprint density at radius 2 is 1.85 bits per heavy atom. The molecule has 2 aromatic carbocycles. The number of hydrogen-bond donors (Lipinski definition) is 3. The molecule has 0 atom stereocenters. The average Bonchev–Trinajstić information content (AvgIpc) is 3.31. The summed E-state index contributed by atoms with van der Waals surface area (Å²) >= 11 is 0. The lowest BCUT2D eigenvalue weighted by Crippen LogP contribution is -2.33. The summed E-state index contributed by atoms with van der Waals surface area (Å²) in [5.74, 6) is -0.603. The van der Waals surface area contributed by atoms with Crippen LogP contribution in [0.15, 0.2) is 108 Å². The molecule has 196 valence electrons. The molecule has 6 rings (SSSR count). The van der Waals surface area contributed by atoms with Gasteiger partial charge < -0.3 is 20.5 Å². The predicted molar refractivity (Wildman–Crippen MR) is 156 cm³/mol. The molecule has 2 aliphatic heterocycles. The van der Waals surface area contributed by atoms with Gasteiger partial charge in [0.2, 0.25) is 0 Å². The van der Waals surface area contributed by atoms with Gasteiger partial charge in [-0.05, 0) is 53.1 Å². The Morgan fingerprint density at radius 1 is 0.950 bits per heavy atom. The number of allylic oxidation sites excluding steroid dienone is 1. The molecule has 0 saturated carbocycles. The first-order chi connectivity index (χ1) is 19.6.